The molecule has 4 heteroatoms. The topological polar surface area (TPSA) is 63.6 Å². The average Bonchev–Trinajstić information content (AvgIpc) is 3.01. The Morgan fingerprint density at radius 1 is 0.523 bits per heavy atom. The summed E-state index contributed by atoms with van der Waals surface area (Å²) in [5.41, 5.74) is 0. The van der Waals surface area contributed by atoms with Gasteiger partial charge in [-0.15, -0.1) is 0 Å². The molecule has 4 nitrogen and oxygen atoms in total. The largest absolute Gasteiger partial charge is 0.481 e. The van der Waals surface area contributed by atoms with Gasteiger partial charge < -0.3 is 9.84 Å². The number of allylic oxidation sites excluding steroid dienone is 4. The molecule has 0 fully saturated rings. The number of rotatable bonds is 35. The third-order valence-electron chi connectivity index (χ3n) is 8.75. The molecule has 0 aromatic rings. The fourth-order valence-electron chi connectivity index (χ4n) is 5.80. The summed E-state index contributed by atoms with van der Waals surface area (Å²) in [6.07, 6.45) is 45.7. The van der Waals surface area contributed by atoms with Crippen molar-refractivity contribution in [3.8, 4) is 0 Å². The zero-order chi connectivity index (χ0) is 32.2. The minimum absolute atomic E-state index is 0.0117. The van der Waals surface area contributed by atoms with E-state index >= 15 is 0 Å². The van der Waals surface area contributed by atoms with Gasteiger partial charge >= 0.3 is 11.9 Å². The molecule has 0 aromatic heterocycles. The van der Waals surface area contributed by atoms with Crippen molar-refractivity contribution < 1.29 is 19.4 Å². The van der Waals surface area contributed by atoms with Crippen LogP contribution in [0.1, 0.15) is 213 Å². The molecule has 0 bridgehead atoms. The van der Waals surface area contributed by atoms with Crippen molar-refractivity contribution in [3.05, 3.63) is 24.3 Å². The number of carbonyl (C=O) groups is 2. The molecule has 44 heavy (non-hydrogen) atoms. The number of hydrogen-bond acceptors (Lipinski definition) is 3. The first kappa shape index (κ1) is 42.4. The summed E-state index contributed by atoms with van der Waals surface area (Å²) in [6, 6.07) is 0. The van der Waals surface area contributed by atoms with Gasteiger partial charge in [0.25, 0.3) is 0 Å². The number of hydrogen-bond donors (Lipinski definition) is 1. The SMILES string of the molecule is CCCCC/C=C\C/C=C\CCCCCCCCCC(=O)OC(CC)CCCCCCCCCCCCCCCCC(=O)O. The van der Waals surface area contributed by atoms with Gasteiger partial charge in [0.15, 0.2) is 0 Å². The Morgan fingerprint density at radius 3 is 1.39 bits per heavy atom. The number of carboxylic acids is 1. The van der Waals surface area contributed by atoms with E-state index in [4.69, 9.17) is 9.84 Å². The number of carbonyl (C=O) groups excluding carboxylic acids is 1. The molecule has 1 N–H and O–H groups in total. The Kier molecular flexibility index (Phi) is 34.6. The molecule has 0 aliphatic rings. The molecule has 0 spiro atoms. The first-order valence-electron chi connectivity index (χ1n) is 19.3. The van der Waals surface area contributed by atoms with Crippen molar-refractivity contribution in [1.82, 2.24) is 0 Å². The summed E-state index contributed by atoms with van der Waals surface area (Å²) in [5, 5.41) is 8.65. The zero-order valence-corrected chi connectivity index (χ0v) is 29.5. The Hall–Kier alpha value is -1.58. The van der Waals surface area contributed by atoms with Crippen molar-refractivity contribution in [2.24, 2.45) is 0 Å². The van der Waals surface area contributed by atoms with E-state index in [-0.39, 0.29) is 12.1 Å². The van der Waals surface area contributed by atoms with Crippen molar-refractivity contribution in [3.63, 3.8) is 0 Å². The van der Waals surface area contributed by atoms with Crippen LogP contribution in [0, 0.1) is 0 Å². The maximum atomic E-state index is 12.3. The first-order valence-corrected chi connectivity index (χ1v) is 19.3. The summed E-state index contributed by atoms with van der Waals surface area (Å²) < 4.78 is 5.78. The van der Waals surface area contributed by atoms with E-state index in [1.54, 1.807) is 0 Å². The average molecular weight is 619 g/mol. The molecule has 0 amide bonds. The number of unbranched alkanes of at least 4 members (excludes halogenated alkanes) is 23. The van der Waals surface area contributed by atoms with Crippen LogP contribution >= 0.6 is 0 Å². The molecule has 0 saturated carbocycles. The predicted molar refractivity (Wildman–Crippen MR) is 190 cm³/mol. The highest BCUT2D eigenvalue weighted by atomic mass is 16.5. The highest BCUT2D eigenvalue weighted by Crippen LogP contribution is 2.17. The zero-order valence-electron chi connectivity index (χ0n) is 29.5. The van der Waals surface area contributed by atoms with Gasteiger partial charge in [0.2, 0.25) is 0 Å². The highest BCUT2D eigenvalue weighted by Gasteiger charge is 2.12. The van der Waals surface area contributed by atoms with Crippen LogP contribution < -0.4 is 0 Å². The van der Waals surface area contributed by atoms with E-state index in [1.165, 1.54) is 141 Å². The fourth-order valence-corrected chi connectivity index (χ4v) is 5.80. The van der Waals surface area contributed by atoms with E-state index in [0.717, 1.165) is 44.9 Å². The Bertz CT molecular complexity index is 668. The van der Waals surface area contributed by atoms with Crippen LogP contribution in [0.15, 0.2) is 24.3 Å². The van der Waals surface area contributed by atoms with Gasteiger partial charge in [0.05, 0.1) is 0 Å². The lowest BCUT2D eigenvalue weighted by atomic mass is 10.0. The van der Waals surface area contributed by atoms with E-state index in [9.17, 15) is 9.59 Å². The molecule has 0 aliphatic heterocycles. The van der Waals surface area contributed by atoms with E-state index < -0.39 is 5.97 Å². The molecule has 258 valence electrons. The maximum absolute atomic E-state index is 12.3. The van der Waals surface area contributed by atoms with Gasteiger partial charge in [-0.1, -0.05) is 160 Å². The maximum Gasteiger partial charge on any atom is 0.306 e. The third kappa shape index (κ3) is 34.9. The van der Waals surface area contributed by atoms with E-state index in [1.807, 2.05) is 0 Å². The second-order valence-electron chi connectivity index (χ2n) is 13.1. The Morgan fingerprint density at radius 2 is 0.932 bits per heavy atom. The second kappa shape index (κ2) is 35.9. The normalized spacial score (nSPS) is 12.4. The smallest absolute Gasteiger partial charge is 0.306 e. The second-order valence-corrected chi connectivity index (χ2v) is 13.1. The summed E-state index contributed by atoms with van der Waals surface area (Å²) >= 11 is 0. The molecule has 0 aliphatic carbocycles. The van der Waals surface area contributed by atoms with Crippen LogP contribution in [-0.2, 0) is 14.3 Å². The standard InChI is InChI=1S/C40H74O4/c1-3-5-6-7-8-9-10-11-12-13-14-19-22-25-28-31-34-37-40(43)44-38(4-2)35-32-29-26-23-20-17-15-16-18-21-24-27-30-33-36-39(41)42/h8-9,11-12,38H,3-7,10,13-37H2,1-2H3,(H,41,42)/b9-8-,12-11-. The van der Waals surface area contributed by atoms with Gasteiger partial charge in [0, 0.05) is 12.8 Å². The molecule has 0 aromatic carbocycles. The fraction of sp³-hybridized carbons (Fsp3) is 0.850. The first-order chi connectivity index (χ1) is 21.6. The number of esters is 1. The third-order valence-corrected chi connectivity index (χ3v) is 8.75. The van der Waals surface area contributed by atoms with Crippen molar-refractivity contribution >= 4 is 11.9 Å². The van der Waals surface area contributed by atoms with Crippen LogP contribution in [0.25, 0.3) is 0 Å². The Balaban J connectivity index is 3.44. The number of carboxylic acid groups (broad SMARTS) is 1. The molecular weight excluding hydrogens is 544 g/mol. The predicted octanol–water partition coefficient (Wildman–Crippen LogP) is 13.2. The molecule has 0 saturated heterocycles. The summed E-state index contributed by atoms with van der Waals surface area (Å²) in [6.45, 7) is 4.39. The van der Waals surface area contributed by atoms with E-state index in [0.29, 0.717) is 12.8 Å². The molecule has 0 heterocycles. The monoisotopic (exact) mass is 619 g/mol. The van der Waals surface area contributed by atoms with Gasteiger partial charge in [-0.2, -0.15) is 0 Å². The van der Waals surface area contributed by atoms with Crippen LogP contribution in [0.3, 0.4) is 0 Å². The minimum atomic E-state index is -0.667. The molecular formula is C40H74O4. The van der Waals surface area contributed by atoms with Crippen molar-refractivity contribution in [1.29, 1.82) is 0 Å². The molecule has 0 radical (unpaired) electrons. The lowest BCUT2D eigenvalue weighted by Crippen LogP contribution is -2.17. The lowest BCUT2D eigenvalue weighted by molar-refractivity contribution is -0.149. The molecule has 1 unspecified atom stereocenters. The van der Waals surface area contributed by atoms with Gasteiger partial charge in [0.1, 0.15) is 6.10 Å². The summed E-state index contributed by atoms with van der Waals surface area (Å²) in [4.78, 5) is 22.8. The van der Waals surface area contributed by atoms with Crippen LogP contribution in [-0.4, -0.2) is 23.1 Å². The van der Waals surface area contributed by atoms with Crippen LogP contribution in [0.5, 0.6) is 0 Å². The quantitative estimate of drug-likeness (QED) is 0.0436. The summed E-state index contributed by atoms with van der Waals surface area (Å²) in [7, 11) is 0. The summed E-state index contributed by atoms with van der Waals surface area (Å²) in [5.74, 6) is -0.655. The van der Waals surface area contributed by atoms with Gasteiger partial charge in [-0.25, -0.2) is 0 Å². The Labute approximate surface area is 274 Å². The van der Waals surface area contributed by atoms with Crippen molar-refractivity contribution in [2.75, 3.05) is 0 Å². The minimum Gasteiger partial charge on any atom is -0.481 e. The van der Waals surface area contributed by atoms with Crippen LogP contribution in [0.2, 0.25) is 0 Å². The van der Waals surface area contributed by atoms with Crippen molar-refractivity contribution in [2.45, 2.75) is 219 Å². The number of ether oxygens (including phenoxy) is 1. The highest BCUT2D eigenvalue weighted by molar-refractivity contribution is 5.69. The van der Waals surface area contributed by atoms with Gasteiger partial charge in [-0.3, -0.25) is 9.59 Å². The van der Waals surface area contributed by atoms with Crippen LogP contribution in [0.4, 0.5) is 0 Å². The number of aliphatic carboxylic acids is 1. The lowest BCUT2D eigenvalue weighted by Gasteiger charge is -2.16. The van der Waals surface area contributed by atoms with Gasteiger partial charge in [-0.05, 0) is 64.2 Å². The molecule has 0 rings (SSSR count). The van der Waals surface area contributed by atoms with E-state index in [2.05, 4.69) is 38.2 Å². The molecule has 1 atom stereocenters.